The van der Waals surface area contributed by atoms with Crippen molar-refractivity contribution in [2.24, 2.45) is 0 Å². The van der Waals surface area contributed by atoms with E-state index in [9.17, 15) is 13.2 Å². The lowest BCUT2D eigenvalue weighted by Gasteiger charge is -2.33. The molecule has 0 radical (unpaired) electrons. The topological polar surface area (TPSA) is 54.5 Å². The predicted octanol–water partition coefficient (Wildman–Crippen LogP) is 3.13. The summed E-state index contributed by atoms with van der Waals surface area (Å²) in [6, 6.07) is 3.59. The number of benzene rings is 1. The van der Waals surface area contributed by atoms with Gasteiger partial charge in [0.15, 0.2) is 0 Å². The van der Waals surface area contributed by atoms with Crippen molar-refractivity contribution in [3.8, 4) is 0 Å². The Labute approximate surface area is 128 Å². The number of carbonyl (C=O) groups is 1. The third-order valence-corrected chi connectivity index (χ3v) is 5.69. The number of rotatable bonds is 3. The van der Waals surface area contributed by atoms with Crippen molar-refractivity contribution < 1.29 is 13.2 Å². The Morgan fingerprint density at radius 1 is 1.20 bits per heavy atom. The van der Waals surface area contributed by atoms with Gasteiger partial charge in [0.05, 0.1) is 10.9 Å². The van der Waals surface area contributed by atoms with Crippen LogP contribution in [0.15, 0.2) is 23.1 Å². The fourth-order valence-corrected chi connectivity index (χ4v) is 4.85. The standard InChI is InChI=1S/C13H15Cl2NO3S/c1-9(17)13-4-2-3-5-16(13)20(18,19)12-7-10(14)6-11(15)8-12/h6-8,13H,2-5H2,1H3. The third-order valence-electron chi connectivity index (χ3n) is 3.37. The molecule has 110 valence electrons. The van der Waals surface area contributed by atoms with Gasteiger partial charge in [-0.05, 0) is 38.0 Å². The van der Waals surface area contributed by atoms with E-state index in [1.165, 1.54) is 29.4 Å². The van der Waals surface area contributed by atoms with Crippen molar-refractivity contribution >= 4 is 39.0 Å². The Bertz CT molecular complexity index is 610. The number of halogens is 2. The summed E-state index contributed by atoms with van der Waals surface area (Å²) >= 11 is 11.7. The zero-order chi connectivity index (χ0) is 14.9. The summed E-state index contributed by atoms with van der Waals surface area (Å²) in [7, 11) is -3.76. The van der Waals surface area contributed by atoms with Crippen molar-refractivity contribution in [3.63, 3.8) is 0 Å². The number of ketones is 1. The summed E-state index contributed by atoms with van der Waals surface area (Å²) in [5, 5.41) is 0.514. The summed E-state index contributed by atoms with van der Waals surface area (Å²) in [6.45, 7) is 1.76. The number of piperidine rings is 1. The second-order valence-electron chi connectivity index (χ2n) is 4.84. The maximum absolute atomic E-state index is 12.7. The molecule has 4 nitrogen and oxygen atoms in total. The average Bonchev–Trinajstić information content (AvgIpc) is 2.37. The zero-order valence-corrected chi connectivity index (χ0v) is 13.3. The van der Waals surface area contributed by atoms with Crippen LogP contribution in [0.4, 0.5) is 0 Å². The SMILES string of the molecule is CC(=O)C1CCCCN1S(=O)(=O)c1cc(Cl)cc(Cl)c1. The molecule has 0 saturated carbocycles. The fraction of sp³-hybridized carbons (Fsp3) is 0.462. The first-order chi connectivity index (χ1) is 9.32. The summed E-state index contributed by atoms with van der Waals surface area (Å²) in [5.41, 5.74) is 0. The number of Topliss-reactive ketones (excluding diaryl/α,β-unsaturated/α-hetero) is 1. The van der Waals surface area contributed by atoms with Gasteiger partial charge in [0, 0.05) is 16.6 Å². The van der Waals surface area contributed by atoms with E-state index in [-0.39, 0.29) is 20.7 Å². The van der Waals surface area contributed by atoms with E-state index in [1.807, 2.05) is 0 Å². The van der Waals surface area contributed by atoms with E-state index in [4.69, 9.17) is 23.2 Å². The summed E-state index contributed by atoms with van der Waals surface area (Å²) in [5.74, 6) is -0.138. The second-order valence-corrected chi connectivity index (χ2v) is 7.61. The van der Waals surface area contributed by atoms with Crippen LogP contribution in [0, 0.1) is 0 Å². The molecule has 0 amide bonds. The first kappa shape index (κ1) is 15.8. The molecule has 1 aliphatic heterocycles. The molecule has 0 N–H and O–H groups in total. The highest BCUT2D eigenvalue weighted by Crippen LogP contribution is 2.29. The van der Waals surface area contributed by atoms with Crippen molar-refractivity contribution in [2.75, 3.05) is 6.54 Å². The van der Waals surface area contributed by atoms with Crippen molar-refractivity contribution in [1.29, 1.82) is 0 Å². The highest BCUT2D eigenvalue weighted by Gasteiger charge is 2.36. The molecule has 7 heteroatoms. The van der Waals surface area contributed by atoms with Crippen LogP contribution in [-0.2, 0) is 14.8 Å². The maximum Gasteiger partial charge on any atom is 0.243 e. The number of hydrogen-bond donors (Lipinski definition) is 0. The first-order valence-electron chi connectivity index (χ1n) is 6.31. The molecule has 1 unspecified atom stereocenters. The molecule has 2 rings (SSSR count). The first-order valence-corrected chi connectivity index (χ1v) is 8.50. The van der Waals surface area contributed by atoms with E-state index in [2.05, 4.69) is 0 Å². The molecule has 0 bridgehead atoms. The lowest BCUT2D eigenvalue weighted by atomic mass is 10.0. The molecule has 1 aromatic rings. The molecule has 20 heavy (non-hydrogen) atoms. The van der Waals surface area contributed by atoms with Crippen LogP contribution >= 0.6 is 23.2 Å². The number of sulfonamides is 1. The van der Waals surface area contributed by atoms with E-state index < -0.39 is 16.1 Å². The van der Waals surface area contributed by atoms with Gasteiger partial charge in [0.25, 0.3) is 0 Å². The van der Waals surface area contributed by atoms with Gasteiger partial charge in [0.2, 0.25) is 10.0 Å². The van der Waals surface area contributed by atoms with Gasteiger partial charge in [-0.3, -0.25) is 4.79 Å². The molecule has 0 aromatic heterocycles. The molecular formula is C13H15Cl2NO3S. The van der Waals surface area contributed by atoms with E-state index in [0.29, 0.717) is 13.0 Å². The molecule has 0 spiro atoms. The molecule has 1 heterocycles. The van der Waals surface area contributed by atoms with E-state index in [0.717, 1.165) is 12.8 Å². The van der Waals surface area contributed by atoms with Gasteiger partial charge in [-0.25, -0.2) is 8.42 Å². The number of hydrogen-bond acceptors (Lipinski definition) is 3. The van der Waals surface area contributed by atoms with Gasteiger partial charge in [-0.1, -0.05) is 29.6 Å². The third kappa shape index (κ3) is 3.17. The Kier molecular flexibility index (Phi) is 4.74. The Morgan fingerprint density at radius 3 is 2.35 bits per heavy atom. The Hall–Kier alpha value is -0.620. The molecule has 1 atom stereocenters. The second kappa shape index (κ2) is 6.02. The Balaban J connectivity index is 2.44. The normalized spacial score (nSPS) is 20.9. The average molecular weight is 336 g/mol. The number of carbonyl (C=O) groups excluding carboxylic acids is 1. The van der Waals surface area contributed by atoms with Crippen LogP contribution in [0.5, 0.6) is 0 Å². The van der Waals surface area contributed by atoms with Crippen LogP contribution in [0.25, 0.3) is 0 Å². The van der Waals surface area contributed by atoms with Crippen molar-refractivity contribution in [1.82, 2.24) is 4.31 Å². The van der Waals surface area contributed by atoms with Crippen LogP contribution in [0.2, 0.25) is 10.0 Å². The van der Waals surface area contributed by atoms with Gasteiger partial charge in [-0.15, -0.1) is 0 Å². The molecule has 1 saturated heterocycles. The van der Waals surface area contributed by atoms with Crippen LogP contribution in [-0.4, -0.2) is 31.1 Å². The van der Waals surface area contributed by atoms with Gasteiger partial charge in [0.1, 0.15) is 5.78 Å². The minimum absolute atomic E-state index is 0.0307. The van der Waals surface area contributed by atoms with Crippen LogP contribution in [0.3, 0.4) is 0 Å². The summed E-state index contributed by atoms with van der Waals surface area (Å²) in [6.07, 6.45) is 2.16. The highest BCUT2D eigenvalue weighted by atomic mass is 35.5. The summed E-state index contributed by atoms with van der Waals surface area (Å²) in [4.78, 5) is 11.7. The zero-order valence-electron chi connectivity index (χ0n) is 11.0. The van der Waals surface area contributed by atoms with E-state index in [1.54, 1.807) is 0 Å². The lowest BCUT2D eigenvalue weighted by Crippen LogP contribution is -2.47. The van der Waals surface area contributed by atoms with Crippen LogP contribution in [0.1, 0.15) is 26.2 Å². The van der Waals surface area contributed by atoms with Crippen molar-refractivity contribution in [2.45, 2.75) is 37.1 Å². The maximum atomic E-state index is 12.7. The number of nitrogens with zero attached hydrogens (tertiary/aromatic N) is 1. The molecule has 1 fully saturated rings. The van der Waals surface area contributed by atoms with Crippen molar-refractivity contribution in [3.05, 3.63) is 28.2 Å². The molecular weight excluding hydrogens is 321 g/mol. The van der Waals surface area contributed by atoms with Gasteiger partial charge in [-0.2, -0.15) is 4.31 Å². The lowest BCUT2D eigenvalue weighted by molar-refractivity contribution is -0.121. The minimum Gasteiger partial charge on any atom is -0.298 e. The fourth-order valence-electron chi connectivity index (χ4n) is 2.41. The molecule has 0 aliphatic carbocycles. The Morgan fingerprint density at radius 2 is 1.80 bits per heavy atom. The van der Waals surface area contributed by atoms with Gasteiger partial charge >= 0.3 is 0 Å². The van der Waals surface area contributed by atoms with Gasteiger partial charge < -0.3 is 0 Å². The van der Waals surface area contributed by atoms with E-state index >= 15 is 0 Å². The smallest absolute Gasteiger partial charge is 0.243 e. The minimum atomic E-state index is -3.76. The predicted molar refractivity (Wildman–Crippen MR) is 78.7 cm³/mol. The highest BCUT2D eigenvalue weighted by molar-refractivity contribution is 7.89. The molecule has 1 aromatic carbocycles. The quantitative estimate of drug-likeness (QED) is 0.852. The van der Waals surface area contributed by atoms with Crippen LogP contribution < -0.4 is 0 Å². The molecule has 1 aliphatic rings. The summed E-state index contributed by atoms with van der Waals surface area (Å²) < 4.78 is 26.6. The largest absolute Gasteiger partial charge is 0.298 e. The monoisotopic (exact) mass is 335 g/mol.